The average Bonchev–Trinajstić information content (AvgIpc) is 3.43. The van der Waals surface area contributed by atoms with E-state index in [0.717, 1.165) is 44.9 Å². The smallest absolute Gasteiger partial charge is 0.192 e. The summed E-state index contributed by atoms with van der Waals surface area (Å²) in [5.41, 5.74) is 2.05. The van der Waals surface area contributed by atoms with E-state index in [1.165, 1.54) is 0 Å². The van der Waals surface area contributed by atoms with E-state index in [2.05, 4.69) is 31.8 Å². The van der Waals surface area contributed by atoms with Crippen LogP contribution in [0.15, 0.2) is 58.1 Å². The lowest BCUT2D eigenvalue weighted by Gasteiger charge is -2.10. The maximum absolute atomic E-state index is 5.99. The zero-order chi connectivity index (χ0) is 19.3. The van der Waals surface area contributed by atoms with Crippen molar-refractivity contribution in [2.45, 2.75) is 20.0 Å². The second-order valence-electron chi connectivity index (χ2n) is 6.25. The second-order valence-corrected chi connectivity index (χ2v) is 7.28. The van der Waals surface area contributed by atoms with Crippen LogP contribution in [0, 0.1) is 0 Å². The Morgan fingerprint density at radius 3 is 2.86 bits per heavy atom. The first-order valence-electron chi connectivity index (χ1n) is 9.16. The van der Waals surface area contributed by atoms with Crippen LogP contribution in [0.1, 0.15) is 18.4 Å². The number of aryl methyl sites for hydroxylation is 1. The van der Waals surface area contributed by atoms with Crippen LogP contribution in [0.3, 0.4) is 0 Å². The molecule has 8 heteroatoms. The lowest BCUT2D eigenvalue weighted by atomic mass is 10.3. The van der Waals surface area contributed by atoms with Crippen LogP contribution in [0.2, 0.25) is 0 Å². The fourth-order valence-electron chi connectivity index (χ4n) is 2.79. The number of thiazole rings is 1. The van der Waals surface area contributed by atoms with Crippen molar-refractivity contribution >= 4 is 27.5 Å². The number of para-hydroxylation sites is 1. The predicted octanol–water partition coefficient (Wildman–Crippen LogP) is 3.55. The molecule has 0 radical (unpaired) electrons. The summed E-state index contributed by atoms with van der Waals surface area (Å²) >= 11 is 1.63. The highest BCUT2D eigenvalue weighted by Crippen LogP contribution is 2.31. The maximum atomic E-state index is 5.99. The molecule has 2 N–H and O–H groups in total. The summed E-state index contributed by atoms with van der Waals surface area (Å²) in [6.45, 7) is 3.93. The highest BCUT2D eigenvalue weighted by molar-refractivity contribution is 7.21. The molecular weight excluding hydrogens is 372 g/mol. The average molecular weight is 395 g/mol. The summed E-state index contributed by atoms with van der Waals surface area (Å²) in [5, 5.41) is 11.6. The quantitative estimate of drug-likeness (QED) is 0.386. The standard InChI is InChI=1S/C20H22N6OS/c1-3-21-20(22-12-14-10-11-24-26(14)2)23-13-15-8-9-17(27-15)19-25-16-6-4-5-7-18(16)28-19/h4-11H,3,12-13H2,1-2H3,(H2,21,22,23). The maximum Gasteiger partial charge on any atom is 0.192 e. The first kappa shape index (κ1) is 18.2. The Morgan fingerprint density at radius 2 is 2.07 bits per heavy atom. The molecule has 3 heterocycles. The molecular formula is C20H22N6OS. The van der Waals surface area contributed by atoms with Gasteiger partial charge in [-0.25, -0.2) is 9.98 Å². The van der Waals surface area contributed by atoms with Gasteiger partial charge in [0.15, 0.2) is 16.7 Å². The molecule has 0 atom stereocenters. The van der Waals surface area contributed by atoms with Gasteiger partial charge in [-0.3, -0.25) is 4.68 Å². The van der Waals surface area contributed by atoms with Gasteiger partial charge in [-0.15, -0.1) is 11.3 Å². The minimum atomic E-state index is 0.544. The molecule has 0 saturated carbocycles. The van der Waals surface area contributed by atoms with Crippen molar-refractivity contribution in [3.63, 3.8) is 0 Å². The van der Waals surface area contributed by atoms with Crippen LogP contribution >= 0.6 is 11.3 Å². The van der Waals surface area contributed by atoms with Gasteiger partial charge in [0.1, 0.15) is 5.76 Å². The lowest BCUT2D eigenvalue weighted by molar-refractivity contribution is 0.513. The molecule has 144 valence electrons. The van der Waals surface area contributed by atoms with Crippen molar-refractivity contribution in [3.05, 3.63) is 60.1 Å². The normalized spacial score (nSPS) is 11.9. The van der Waals surface area contributed by atoms with E-state index in [0.29, 0.717) is 13.1 Å². The van der Waals surface area contributed by atoms with E-state index in [9.17, 15) is 0 Å². The molecule has 4 rings (SSSR count). The number of rotatable bonds is 6. The van der Waals surface area contributed by atoms with Crippen LogP contribution < -0.4 is 10.6 Å². The Labute approximate surface area is 167 Å². The molecule has 0 unspecified atom stereocenters. The molecule has 0 fully saturated rings. The third-order valence-electron chi connectivity index (χ3n) is 4.26. The van der Waals surface area contributed by atoms with Crippen LogP contribution in [-0.2, 0) is 20.1 Å². The van der Waals surface area contributed by atoms with Gasteiger partial charge in [-0.1, -0.05) is 12.1 Å². The number of aliphatic imine (C=N–C) groups is 1. The highest BCUT2D eigenvalue weighted by atomic mass is 32.1. The molecule has 4 aromatic rings. The van der Waals surface area contributed by atoms with Crippen molar-refractivity contribution in [1.82, 2.24) is 25.4 Å². The Kier molecular flexibility index (Phi) is 5.38. The molecule has 0 aliphatic heterocycles. The van der Waals surface area contributed by atoms with E-state index in [-0.39, 0.29) is 0 Å². The van der Waals surface area contributed by atoms with Crippen LogP contribution in [0.25, 0.3) is 21.0 Å². The summed E-state index contributed by atoms with van der Waals surface area (Å²) in [6, 6.07) is 14.0. The van der Waals surface area contributed by atoms with E-state index in [4.69, 9.17) is 4.42 Å². The van der Waals surface area contributed by atoms with Crippen LogP contribution in [0.4, 0.5) is 0 Å². The van der Waals surface area contributed by atoms with Gasteiger partial charge in [0.2, 0.25) is 0 Å². The zero-order valence-corrected chi connectivity index (χ0v) is 16.7. The van der Waals surface area contributed by atoms with Crippen molar-refractivity contribution < 1.29 is 4.42 Å². The van der Waals surface area contributed by atoms with Crippen LogP contribution in [0.5, 0.6) is 0 Å². The monoisotopic (exact) mass is 394 g/mol. The fraction of sp³-hybridized carbons (Fsp3) is 0.250. The van der Waals surface area contributed by atoms with Gasteiger partial charge in [0.25, 0.3) is 0 Å². The fourth-order valence-corrected chi connectivity index (χ4v) is 3.72. The summed E-state index contributed by atoms with van der Waals surface area (Å²) in [6.07, 6.45) is 1.78. The number of fused-ring (bicyclic) bond motifs is 1. The Bertz CT molecular complexity index is 1060. The number of benzene rings is 1. The zero-order valence-electron chi connectivity index (χ0n) is 15.8. The van der Waals surface area contributed by atoms with Crippen molar-refractivity contribution in [1.29, 1.82) is 0 Å². The highest BCUT2D eigenvalue weighted by Gasteiger charge is 2.11. The molecule has 7 nitrogen and oxygen atoms in total. The molecule has 28 heavy (non-hydrogen) atoms. The third-order valence-corrected chi connectivity index (χ3v) is 5.31. The SMILES string of the molecule is CCNC(=NCc1ccnn1C)NCc1ccc(-c2nc3ccccc3s2)o1. The van der Waals surface area contributed by atoms with Crippen LogP contribution in [-0.4, -0.2) is 27.3 Å². The summed E-state index contributed by atoms with van der Waals surface area (Å²) < 4.78 is 8.97. The number of nitrogens with one attached hydrogen (secondary N) is 2. The third kappa shape index (κ3) is 4.07. The number of guanidine groups is 1. The topological polar surface area (TPSA) is 80.3 Å². The van der Waals surface area contributed by atoms with Gasteiger partial charge < -0.3 is 15.1 Å². The Balaban J connectivity index is 1.42. The van der Waals surface area contributed by atoms with Gasteiger partial charge in [-0.05, 0) is 37.3 Å². The van der Waals surface area contributed by atoms with Gasteiger partial charge in [0, 0.05) is 19.8 Å². The minimum absolute atomic E-state index is 0.544. The second kappa shape index (κ2) is 8.26. The molecule has 0 spiro atoms. The van der Waals surface area contributed by atoms with E-state index in [1.54, 1.807) is 17.5 Å². The summed E-state index contributed by atoms with van der Waals surface area (Å²) in [7, 11) is 1.91. The van der Waals surface area contributed by atoms with Crippen molar-refractivity contribution in [2.24, 2.45) is 12.0 Å². The molecule has 0 amide bonds. The molecule has 0 aliphatic carbocycles. The number of furan rings is 1. The van der Waals surface area contributed by atoms with E-state index in [1.807, 2.05) is 55.1 Å². The first-order chi connectivity index (χ1) is 13.7. The molecule has 3 aromatic heterocycles. The predicted molar refractivity (Wildman–Crippen MR) is 112 cm³/mol. The Hall–Kier alpha value is -3.13. The van der Waals surface area contributed by atoms with Gasteiger partial charge in [0.05, 0.1) is 29.0 Å². The lowest BCUT2D eigenvalue weighted by Crippen LogP contribution is -2.36. The molecule has 0 saturated heterocycles. The molecule has 0 aliphatic rings. The number of nitrogens with zero attached hydrogens (tertiary/aromatic N) is 4. The Morgan fingerprint density at radius 1 is 1.18 bits per heavy atom. The number of aromatic nitrogens is 3. The van der Waals surface area contributed by atoms with Crippen molar-refractivity contribution in [3.8, 4) is 10.8 Å². The van der Waals surface area contributed by atoms with E-state index < -0.39 is 0 Å². The first-order valence-corrected chi connectivity index (χ1v) is 9.98. The van der Waals surface area contributed by atoms with Gasteiger partial charge in [-0.2, -0.15) is 5.10 Å². The summed E-state index contributed by atoms with van der Waals surface area (Å²) in [5.74, 6) is 2.36. The molecule has 0 bridgehead atoms. The van der Waals surface area contributed by atoms with E-state index >= 15 is 0 Å². The number of hydrogen-bond acceptors (Lipinski definition) is 5. The van der Waals surface area contributed by atoms with Gasteiger partial charge >= 0.3 is 0 Å². The largest absolute Gasteiger partial charge is 0.457 e. The summed E-state index contributed by atoms with van der Waals surface area (Å²) in [4.78, 5) is 9.25. The van der Waals surface area contributed by atoms with Crippen molar-refractivity contribution in [2.75, 3.05) is 6.54 Å². The number of hydrogen-bond donors (Lipinski definition) is 2. The molecule has 1 aromatic carbocycles. The minimum Gasteiger partial charge on any atom is -0.457 e.